The maximum atomic E-state index is 14.0. The zero-order valence-electron chi connectivity index (χ0n) is 12.9. The smallest absolute Gasteiger partial charge is 0.213 e. The van der Waals surface area contributed by atoms with E-state index in [1.54, 1.807) is 6.07 Å². The standard InChI is InChI=1S/C20H17FN2/c1-2-7-17-20-15(12-18(21)22-17)19-14(10-6-11-16(19)23-20)13-8-4-3-5-9-13/h3-6,8-12,23H,2,7H2,1H3. The summed E-state index contributed by atoms with van der Waals surface area (Å²) in [7, 11) is 0. The Morgan fingerprint density at radius 2 is 1.87 bits per heavy atom. The first-order valence-corrected chi connectivity index (χ1v) is 7.93. The van der Waals surface area contributed by atoms with Crippen molar-refractivity contribution in [2.24, 2.45) is 0 Å². The normalized spacial score (nSPS) is 11.4. The highest BCUT2D eigenvalue weighted by Crippen LogP contribution is 2.35. The van der Waals surface area contributed by atoms with Gasteiger partial charge in [-0.15, -0.1) is 0 Å². The molecule has 0 unspecified atom stereocenters. The third-order valence-electron chi connectivity index (χ3n) is 4.23. The summed E-state index contributed by atoms with van der Waals surface area (Å²) in [6.45, 7) is 2.08. The lowest BCUT2D eigenvalue weighted by Gasteiger charge is -2.05. The van der Waals surface area contributed by atoms with Crippen molar-refractivity contribution in [3.05, 3.63) is 66.2 Å². The predicted octanol–water partition coefficient (Wildman–Crippen LogP) is 5.47. The molecule has 0 fully saturated rings. The van der Waals surface area contributed by atoms with Gasteiger partial charge in [-0.25, -0.2) is 4.98 Å². The molecule has 0 atom stereocenters. The molecule has 2 aromatic carbocycles. The van der Waals surface area contributed by atoms with Gasteiger partial charge in [-0.1, -0.05) is 55.8 Å². The van der Waals surface area contributed by atoms with Gasteiger partial charge in [0, 0.05) is 22.4 Å². The number of nitrogens with one attached hydrogen (secondary N) is 1. The number of rotatable bonds is 3. The van der Waals surface area contributed by atoms with Gasteiger partial charge in [-0.3, -0.25) is 0 Å². The number of aromatic amines is 1. The molecule has 2 nitrogen and oxygen atoms in total. The molecule has 4 aromatic rings. The Hall–Kier alpha value is -2.68. The van der Waals surface area contributed by atoms with Crippen LogP contribution < -0.4 is 0 Å². The van der Waals surface area contributed by atoms with Crippen molar-refractivity contribution < 1.29 is 4.39 Å². The number of aryl methyl sites for hydroxylation is 1. The molecule has 0 radical (unpaired) electrons. The maximum Gasteiger partial charge on any atom is 0.213 e. The molecule has 0 saturated heterocycles. The molecule has 0 spiro atoms. The highest BCUT2D eigenvalue weighted by atomic mass is 19.1. The van der Waals surface area contributed by atoms with Gasteiger partial charge < -0.3 is 4.98 Å². The molecule has 3 heteroatoms. The summed E-state index contributed by atoms with van der Waals surface area (Å²) in [5, 5.41) is 1.97. The molecule has 0 aliphatic heterocycles. The molecule has 114 valence electrons. The summed E-state index contributed by atoms with van der Waals surface area (Å²) in [6, 6.07) is 17.9. The van der Waals surface area contributed by atoms with E-state index < -0.39 is 5.95 Å². The Morgan fingerprint density at radius 1 is 1.04 bits per heavy atom. The van der Waals surface area contributed by atoms with Gasteiger partial charge >= 0.3 is 0 Å². The molecule has 0 aliphatic rings. The van der Waals surface area contributed by atoms with Crippen LogP contribution in [0.2, 0.25) is 0 Å². The SMILES string of the molecule is CCCc1nc(F)cc2c1[nH]c1cccc(-c3ccccc3)c12. The van der Waals surface area contributed by atoms with Gasteiger partial charge in [0.1, 0.15) is 0 Å². The van der Waals surface area contributed by atoms with Crippen molar-refractivity contribution in [3.8, 4) is 11.1 Å². The minimum atomic E-state index is -0.412. The summed E-state index contributed by atoms with van der Waals surface area (Å²) in [6.07, 6.45) is 1.70. The molecule has 0 saturated carbocycles. The van der Waals surface area contributed by atoms with E-state index in [1.165, 1.54) is 0 Å². The second-order valence-electron chi connectivity index (χ2n) is 5.78. The van der Waals surface area contributed by atoms with Crippen molar-refractivity contribution in [2.75, 3.05) is 0 Å². The summed E-state index contributed by atoms with van der Waals surface area (Å²) >= 11 is 0. The topological polar surface area (TPSA) is 28.7 Å². The summed E-state index contributed by atoms with van der Waals surface area (Å²) in [4.78, 5) is 7.53. The van der Waals surface area contributed by atoms with E-state index in [4.69, 9.17) is 0 Å². The van der Waals surface area contributed by atoms with E-state index in [9.17, 15) is 4.39 Å². The van der Waals surface area contributed by atoms with Gasteiger partial charge in [0.2, 0.25) is 5.95 Å². The quantitative estimate of drug-likeness (QED) is 0.499. The Balaban J connectivity index is 2.11. The number of pyridine rings is 1. The molecule has 23 heavy (non-hydrogen) atoms. The van der Waals surface area contributed by atoms with Gasteiger partial charge in [-0.05, 0) is 23.6 Å². The monoisotopic (exact) mass is 304 g/mol. The number of halogens is 1. The van der Waals surface area contributed by atoms with Gasteiger partial charge in [-0.2, -0.15) is 4.39 Å². The van der Waals surface area contributed by atoms with E-state index in [1.807, 2.05) is 30.3 Å². The minimum absolute atomic E-state index is 0.412. The van der Waals surface area contributed by atoms with Crippen LogP contribution in [0.4, 0.5) is 4.39 Å². The molecule has 4 rings (SSSR count). The van der Waals surface area contributed by atoms with Crippen LogP contribution in [0, 0.1) is 5.95 Å². The summed E-state index contributed by atoms with van der Waals surface area (Å²) in [5.74, 6) is -0.412. The Bertz CT molecular complexity index is 987. The molecule has 0 aliphatic carbocycles. The lowest BCUT2D eigenvalue weighted by Crippen LogP contribution is -1.94. The third-order valence-corrected chi connectivity index (χ3v) is 4.23. The number of benzene rings is 2. The number of hydrogen-bond acceptors (Lipinski definition) is 1. The molecular formula is C20H17FN2. The molecule has 2 aromatic heterocycles. The fourth-order valence-electron chi connectivity index (χ4n) is 3.26. The number of H-pyrrole nitrogens is 1. The number of aromatic nitrogens is 2. The Kier molecular flexibility index (Phi) is 3.34. The van der Waals surface area contributed by atoms with Crippen molar-refractivity contribution in [1.29, 1.82) is 0 Å². The van der Waals surface area contributed by atoms with Crippen LogP contribution in [0.3, 0.4) is 0 Å². The fraction of sp³-hybridized carbons (Fsp3) is 0.150. The Labute approximate surface area is 134 Å². The molecule has 1 N–H and O–H groups in total. The van der Waals surface area contributed by atoms with Crippen molar-refractivity contribution in [2.45, 2.75) is 19.8 Å². The van der Waals surface area contributed by atoms with Gasteiger partial charge in [0.25, 0.3) is 0 Å². The first kappa shape index (κ1) is 13.9. The largest absolute Gasteiger partial charge is 0.353 e. The average molecular weight is 304 g/mol. The van der Waals surface area contributed by atoms with E-state index in [0.29, 0.717) is 0 Å². The van der Waals surface area contributed by atoms with Crippen LogP contribution in [0.25, 0.3) is 32.9 Å². The van der Waals surface area contributed by atoms with Crippen molar-refractivity contribution >= 4 is 21.8 Å². The second-order valence-corrected chi connectivity index (χ2v) is 5.78. The third kappa shape index (κ3) is 2.29. The average Bonchev–Trinajstić information content (AvgIpc) is 2.95. The summed E-state index contributed by atoms with van der Waals surface area (Å²) in [5.41, 5.74) is 5.02. The first-order chi connectivity index (χ1) is 11.3. The molecular weight excluding hydrogens is 287 g/mol. The molecule has 0 bridgehead atoms. The highest BCUT2D eigenvalue weighted by Gasteiger charge is 2.14. The van der Waals surface area contributed by atoms with E-state index in [-0.39, 0.29) is 0 Å². The first-order valence-electron chi connectivity index (χ1n) is 7.93. The maximum absolute atomic E-state index is 14.0. The molecule has 0 amide bonds. The summed E-state index contributed by atoms with van der Waals surface area (Å²) < 4.78 is 14.0. The zero-order valence-corrected chi connectivity index (χ0v) is 12.9. The second kappa shape index (κ2) is 5.51. The molecule has 2 heterocycles. The number of fused-ring (bicyclic) bond motifs is 3. The minimum Gasteiger partial charge on any atom is -0.353 e. The van der Waals surface area contributed by atoms with Crippen LogP contribution in [-0.2, 0) is 6.42 Å². The van der Waals surface area contributed by atoms with Crippen LogP contribution in [0.5, 0.6) is 0 Å². The van der Waals surface area contributed by atoms with Crippen molar-refractivity contribution in [1.82, 2.24) is 9.97 Å². The van der Waals surface area contributed by atoms with E-state index >= 15 is 0 Å². The van der Waals surface area contributed by atoms with Crippen LogP contribution in [-0.4, -0.2) is 9.97 Å². The van der Waals surface area contributed by atoms with Crippen LogP contribution >= 0.6 is 0 Å². The Morgan fingerprint density at radius 3 is 2.65 bits per heavy atom. The zero-order chi connectivity index (χ0) is 15.8. The number of nitrogens with zero attached hydrogens (tertiary/aromatic N) is 1. The van der Waals surface area contributed by atoms with E-state index in [2.05, 4.69) is 35.1 Å². The van der Waals surface area contributed by atoms with Gasteiger partial charge in [0.15, 0.2) is 0 Å². The lowest BCUT2D eigenvalue weighted by atomic mass is 9.99. The predicted molar refractivity (Wildman–Crippen MR) is 93.0 cm³/mol. The highest BCUT2D eigenvalue weighted by molar-refractivity contribution is 6.14. The lowest BCUT2D eigenvalue weighted by molar-refractivity contribution is 0.579. The van der Waals surface area contributed by atoms with Crippen LogP contribution in [0.1, 0.15) is 19.0 Å². The van der Waals surface area contributed by atoms with E-state index in [0.717, 1.165) is 51.5 Å². The fourth-order valence-corrected chi connectivity index (χ4v) is 3.26. The van der Waals surface area contributed by atoms with Crippen molar-refractivity contribution in [3.63, 3.8) is 0 Å². The van der Waals surface area contributed by atoms with Crippen LogP contribution in [0.15, 0.2) is 54.6 Å². The number of hydrogen-bond donors (Lipinski definition) is 1. The van der Waals surface area contributed by atoms with Gasteiger partial charge in [0.05, 0.1) is 11.2 Å².